The van der Waals surface area contributed by atoms with Crippen LogP contribution in [-0.2, 0) is 0 Å². The minimum atomic E-state index is -3.24. The summed E-state index contributed by atoms with van der Waals surface area (Å²) < 4.78 is 33.3. The van der Waals surface area contributed by atoms with E-state index in [0.717, 1.165) is 37.7 Å². The molecule has 1 nitrogen and oxygen atoms in total. The number of para-hydroxylation sites is 2. The van der Waals surface area contributed by atoms with Gasteiger partial charge in [-0.3, -0.25) is 0 Å². The van der Waals surface area contributed by atoms with Crippen molar-refractivity contribution in [1.29, 1.82) is 0 Å². The average Bonchev–Trinajstić information content (AvgIpc) is 3.21. The second-order valence-corrected chi connectivity index (χ2v) is 17.6. The van der Waals surface area contributed by atoms with Crippen molar-refractivity contribution in [3.8, 4) is 33.8 Å². The zero-order valence-electron chi connectivity index (χ0n) is 31.6. The Bertz CT molecular complexity index is 3260. The third-order valence-corrected chi connectivity index (χ3v) is 14.4. The maximum atomic E-state index is 8.85. The molecule has 52 heavy (non-hydrogen) atoms. The Morgan fingerprint density at radius 2 is 0.827 bits per heavy atom. The van der Waals surface area contributed by atoms with Crippen molar-refractivity contribution in [3.63, 3.8) is 0 Å². The highest BCUT2D eigenvalue weighted by Gasteiger charge is 2.37. The van der Waals surface area contributed by atoms with Crippen LogP contribution in [0.25, 0.3) is 86.9 Å². The first kappa shape index (κ1) is 26.6. The highest BCUT2D eigenvalue weighted by atomic mass is 28.3. The summed E-state index contributed by atoms with van der Waals surface area (Å²) in [5, 5.41) is 15.9. The number of hydrogen-bond donors (Lipinski definition) is 0. The van der Waals surface area contributed by atoms with E-state index in [0.29, 0.717) is 11.5 Å². The van der Waals surface area contributed by atoms with Gasteiger partial charge in [0.15, 0.2) is 0 Å². The molecule has 0 aromatic heterocycles. The standard InChI is InChI=1S/C50H34OSi/c1-52(2)46-26-10-9-25-45(46)51-50-32(20-13-27-47(50)52)31-28-29-39-35-16-5-8-19-38(35)41-22-11-21-40-36-17-6-3-14-33(36)34-15-4-7-18-37(34)42-23-12-24-43(44(39)30-31)49(42)48(40)41/h3-30H,1-2H3/i1D3. The van der Waals surface area contributed by atoms with Crippen molar-refractivity contribution >= 4 is 83.1 Å². The first-order valence-electron chi connectivity index (χ1n) is 19.4. The lowest BCUT2D eigenvalue weighted by molar-refractivity contribution is 0.488. The van der Waals surface area contributed by atoms with Crippen LogP contribution < -0.4 is 15.1 Å². The molecular weight excluding hydrogens is 645 g/mol. The normalized spacial score (nSPS) is 16.4. The summed E-state index contributed by atoms with van der Waals surface area (Å²) in [6.07, 6.45) is 0. The van der Waals surface area contributed by atoms with Gasteiger partial charge < -0.3 is 4.74 Å². The molecule has 0 bridgehead atoms. The topological polar surface area (TPSA) is 9.23 Å². The van der Waals surface area contributed by atoms with Gasteiger partial charge in [-0.1, -0.05) is 171 Å². The Balaban J connectivity index is 1.34. The van der Waals surface area contributed by atoms with Crippen LogP contribution in [-0.4, -0.2) is 8.07 Å². The van der Waals surface area contributed by atoms with E-state index in [4.69, 9.17) is 8.85 Å². The van der Waals surface area contributed by atoms with Crippen LogP contribution in [0, 0.1) is 0 Å². The van der Waals surface area contributed by atoms with Crippen molar-refractivity contribution in [2.75, 3.05) is 0 Å². The van der Waals surface area contributed by atoms with Crippen LogP contribution in [0.5, 0.6) is 11.5 Å². The Labute approximate surface area is 307 Å². The third-order valence-electron chi connectivity index (χ3n) is 11.4. The molecular formula is C50H34OSi. The van der Waals surface area contributed by atoms with Crippen molar-refractivity contribution in [3.05, 3.63) is 170 Å². The van der Waals surface area contributed by atoms with E-state index in [2.05, 4.69) is 133 Å². The first-order chi connectivity index (χ1) is 26.8. The molecule has 11 rings (SSSR count). The minimum absolute atomic E-state index is 0.639. The van der Waals surface area contributed by atoms with Gasteiger partial charge in [0.05, 0.1) is 0 Å². The van der Waals surface area contributed by atoms with Crippen molar-refractivity contribution < 1.29 is 8.85 Å². The lowest BCUT2D eigenvalue weighted by atomic mass is 9.83. The predicted molar refractivity (Wildman–Crippen MR) is 226 cm³/mol. The molecule has 1 unspecified atom stereocenters. The van der Waals surface area contributed by atoms with Gasteiger partial charge in [0.2, 0.25) is 0 Å². The summed E-state index contributed by atoms with van der Waals surface area (Å²) in [6, 6.07) is 60.4. The van der Waals surface area contributed by atoms with Gasteiger partial charge in [-0.15, -0.1) is 0 Å². The number of rotatable bonds is 1. The Kier molecular flexibility index (Phi) is 5.56. The van der Waals surface area contributed by atoms with Crippen molar-refractivity contribution in [1.82, 2.24) is 0 Å². The summed E-state index contributed by atoms with van der Waals surface area (Å²) >= 11 is 0. The van der Waals surface area contributed by atoms with E-state index in [-0.39, 0.29) is 0 Å². The number of benzene rings is 8. The molecule has 3 aliphatic rings. The van der Waals surface area contributed by atoms with Crippen LogP contribution in [0.4, 0.5) is 0 Å². The van der Waals surface area contributed by atoms with Crippen LogP contribution in [0.2, 0.25) is 13.0 Å². The van der Waals surface area contributed by atoms with E-state index in [1.165, 1.54) is 59.6 Å². The maximum absolute atomic E-state index is 8.85. The molecule has 8 aromatic rings. The predicted octanol–water partition coefficient (Wildman–Crippen LogP) is 12.9. The van der Waals surface area contributed by atoms with Crippen LogP contribution >= 0.6 is 0 Å². The maximum Gasteiger partial charge on any atom is 0.134 e. The Morgan fingerprint density at radius 1 is 0.404 bits per heavy atom. The average molecular weight is 682 g/mol. The fourth-order valence-electron chi connectivity index (χ4n) is 9.06. The molecule has 0 saturated carbocycles. The number of ether oxygens (including phenoxy) is 1. The largest absolute Gasteiger partial charge is 0.457 e. The number of fused-ring (bicyclic) bond motifs is 12. The summed E-state index contributed by atoms with van der Waals surface area (Å²) in [7, 11) is -3.24. The fraction of sp³-hybridized carbons (Fsp3) is 0.0400. The summed E-state index contributed by atoms with van der Waals surface area (Å²) in [4.78, 5) is 0. The van der Waals surface area contributed by atoms with Gasteiger partial charge in [-0.2, -0.15) is 0 Å². The molecule has 0 fully saturated rings. The molecule has 1 atom stereocenters. The molecule has 2 heteroatoms. The molecule has 0 N–H and O–H groups in total. The molecule has 1 aliphatic heterocycles. The second-order valence-electron chi connectivity index (χ2n) is 14.3. The lowest BCUT2D eigenvalue weighted by Crippen LogP contribution is -2.56. The van der Waals surface area contributed by atoms with Crippen molar-refractivity contribution in [2.24, 2.45) is 0 Å². The van der Waals surface area contributed by atoms with Gasteiger partial charge in [0.25, 0.3) is 0 Å². The molecule has 8 aromatic carbocycles. The SMILES string of the molecule is [2H]C([2H])([2H])[Si]1(C)c2ccccc2Oc2c(-c3ccc4c(c3)c3cccc5c3-c3c(cccc3c3ccccc34)c3ccccc3c3ccccc53)cccc21. The molecule has 244 valence electrons. The van der Waals surface area contributed by atoms with Crippen LogP contribution in [0.3, 0.4) is 0 Å². The van der Waals surface area contributed by atoms with E-state index < -0.39 is 14.5 Å². The summed E-state index contributed by atoms with van der Waals surface area (Å²) in [5.41, 5.74) is 4.32. The van der Waals surface area contributed by atoms with Gasteiger partial charge >= 0.3 is 0 Å². The minimum Gasteiger partial charge on any atom is -0.457 e. The second kappa shape index (κ2) is 10.9. The van der Waals surface area contributed by atoms with Crippen LogP contribution in [0.1, 0.15) is 4.11 Å². The van der Waals surface area contributed by atoms with Gasteiger partial charge in [0.1, 0.15) is 19.6 Å². The molecule has 2 aliphatic carbocycles. The quantitative estimate of drug-likeness (QED) is 0.157. The molecule has 0 radical (unpaired) electrons. The molecule has 1 heterocycles. The summed E-state index contributed by atoms with van der Waals surface area (Å²) in [6.45, 7) is -0.204. The molecule has 0 spiro atoms. The third kappa shape index (κ3) is 4.04. The Morgan fingerprint density at radius 3 is 1.38 bits per heavy atom. The highest BCUT2D eigenvalue weighted by Crippen LogP contribution is 2.48. The lowest BCUT2D eigenvalue weighted by Gasteiger charge is -2.34. The van der Waals surface area contributed by atoms with E-state index in [1.54, 1.807) is 0 Å². The van der Waals surface area contributed by atoms with Gasteiger partial charge in [-0.05, 0) is 104 Å². The Hall–Kier alpha value is -6.22. The fourth-order valence-corrected chi connectivity index (χ4v) is 11.5. The first-order valence-corrected chi connectivity index (χ1v) is 20.4. The van der Waals surface area contributed by atoms with E-state index in [1.807, 2.05) is 42.9 Å². The molecule has 0 amide bonds. The highest BCUT2D eigenvalue weighted by molar-refractivity contribution is 7.01. The van der Waals surface area contributed by atoms with Crippen molar-refractivity contribution in [2.45, 2.75) is 13.0 Å². The summed E-state index contributed by atoms with van der Waals surface area (Å²) in [5.74, 6) is 1.29. The smallest absolute Gasteiger partial charge is 0.134 e. The molecule has 0 saturated heterocycles. The van der Waals surface area contributed by atoms with E-state index >= 15 is 0 Å². The zero-order chi connectivity index (χ0) is 37.1. The van der Waals surface area contributed by atoms with Gasteiger partial charge in [-0.25, -0.2) is 0 Å². The van der Waals surface area contributed by atoms with E-state index in [9.17, 15) is 0 Å². The van der Waals surface area contributed by atoms with Crippen LogP contribution in [0.15, 0.2) is 170 Å². The monoisotopic (exact) mass is 681 g/mol. The number of hydrogen-bond acceptors (Lipinski definition) is 1. The van der Waals surface area contributed by atoms with Gasteiger partial charge in [0, 0.05) is 9.68 Å². The zero-order valence-corrected chi connectivity index (χ0v) is 29.6.